The number of thiazole rings is 1. The van der Waals surface area contributed by atoms with Gasteiger partial charge in [-0.25, -0.2) is 4.79 Å². The van der Waals surface area contributed by atoms with Gasteiger partial charge in [0.05, 0.1) is 18.8 Å². The molecule has 0 radical (unpaired) electrons. The number of aromatic nitrogens is 1. The van der Waals surface area contributed by atoms with Gasteiger partial charge in [0.25, 0.3) is 5.01 Å². The van der Waals surface area contributed by atoms with Crippen LogP contribution in [-0.4, -0.2) is 30.7 Å². The summed E-state index contributed by atoms with van der Waals surface area (Å²) in [6.07, 6.45) is 3.14. The first-order valence-corrected chi connectivity index (χ1v) is 11.9. The van der Waals surface area contributed by atoms with E-state index in [1.54, 1.807) is 0 Å². The summed E-state index contributed by atoms with van der Waals surface area (Å²) in [5, 5.41) is 6.43. The molecule has 1 unspecified atom stereocenters. The van der Waals surface area contributed by atoms with Crippen LogP contribution in [0.2, 0.25) is 0 Å². The number of carbonyl (C=O) groups is 1. The zero-order valence-corrected chi connectivity index (χ0v) is 18.0. The monoisotopic (exact) mass is 423 g/mol. The summed E-state index contributed by atoms with van der Waals surface area (Å²) in [6.45, 7) is 3.79. The fourth-order valence-corrected chi connectivity index (χ4v) is 5.49. The maximum absolute atomic E-state index is 12.3. The Hall–Kier alpha value is -2.86. The molecule has 0 aliphatic carbocycles. The quantitative estimate of drug-likeness (QED) is 0.294. The standard InChI is InChI=1S/C24H27N2O3S/c1-2-28-24(27)22-17-30(15-7-14-29-20-9-4-3-5-10-20)23(26-22)19-12-11-18-8-6-13-25-21(18)16-19/h3-5,9-12,16-17,25H,2,6-8,13-15H2,1H3/q+1. The van der Waals surface area contributed by atoms with Gasteiger partial charge in [0.2, 0.25) is 5.69 Å². The second-order valence-electron chi connectivity index (χ2n) is 7.19. The van der Waals surface area contributed by atoms with Crippen LogP contribution in [0, 0.1) is 0 Å². The number of benzene rings is 2. The summed E-state index contributed by atoms with van der Waals surface area (Å²) in [5.74, 6) is 1.42. The van der Waals surface area contributed by atoms with Gasteiger partial charge >= 0.3 is 5.97 Å². The number of anilines is 1. The molecular formula is C24H27N2O3S+. The molecule has 0 bridgehead atoms. The van der Waals surface area contributed by atoms with Gasteiger partial charge in [-0.1, -0.05) is 24.3 Å². The Labute approximate surface area is 180 Å². The normalized spacial score (nSPS) is 13.3. The molecule has 2 heterocycles. The first kappa shape index (κ1) is 20.4. The highest BCUT2D eigenvalue weighted by molar-refractivity contribution is 7.32. The first-order valence-electron chi connectivity index (χ1n) is 10.5. The molecule has 0 amide bonds. The predicted molar refractivity (Wildman–Crippen MR) is 121 cm³/mol. The molecule has 1 aromatic heterocycles. The number of ether oxygens (including phenoxy) is 2. The van der Waals surface area contributed by atoms with Crippen molar-refractivity contribution in [3.63, 3.8) is 0 Å². The molecule has 3 aromatic rings. The zero-order chi connectivity index (χ0) is 20.8. The number of nitrogens with zero attached hydrogens (tertiary/aromatic N) is 1. The lowest BCUT2D eigenvalue weighted by Crippen LogP contribution is -2.11. The van der Waals surface area contributed by atoms with Gasteiger partial charge in [0.1, 0.15) is 11.5 Å². The summed E-state index contributed by atoms with van der Waals surface area (Å²) < 4.78 is 11.0. The number of rotatable bonds is 8. The van der Waals surface area contributed by atoms with Crippen molar-refractivity contribution in [2.24, 2.45) is 0 Å². The Bertz CT molecular complexity index is 1000. The van der Waals surface area contributed by atoms with Crippen molar-refractivity contribution in [1.29, 1.82) is 0 Å². The van der Waals surface area contributed by atoms with Crippen LogP contribution in [0.15, 0.2) is 53.9 Å². The van der Waals surface area contributed by atoms with E-state index in [9.17, 15) is 4.79 Å². The molecule has 30 heavy (non-hydrogen) atoms. The number of carbonyl (C=O) groups excluding carboxylic acids is 1. The predicted octanol–water partition coefficient (Wildman–Crippen LogP) is 5.50. The molecule has 4 rings (SSSR count). The van der Waals surface area contributed by atoms with Crippen LogP contribution >= 0.6 is 10.5 Å². The van der Waals surface area contributed by atoms with Gasteiger partial charge in [-0.15, -0.1) is 0 Å². The molecule has 0 saturated carbocycles. The third kappa shape index (κ3) is 4.82. The molecule has 1 aliphatic heterocycles. The average Bonchev–Trinajstić information content (AvgIpc) is 3.22. The minimum atomic E-state index is -0.346. The molecule has 1 aliphatic rings. The van der Waals surface area contributed by atoms with E-state index in [0.29, 0.717) is 18.9 Å². The first-order chi connectivity index (χ1) is 14.7. The van der Waals surface area contributed by atoms with E-state index in [-0.39, 0.29) is 16.4 Å². The minimum absolute atomic E-state index is 0.250. The lowest BCUT2D eigenvalue weighted by Gasteiger charge is -2.17. The van der Waals surface area contributed by atoms with Crippen LogP contribution in [0.4, 0.5) is 5.69 Å². The van der Waals surface area contributed by atoms with Gasteiger partial charge < -0.3 is 14.8 Å². The van der Waals surface area contributed by atoms with Crippen molar-refractivity contribution in [3.05, 3.63) is 65.2 Å². The van der Waals surface area contributed by atoms with E-state index in [0.717, 1.165) is 47.9 Å². The fourth-order valence-electron chi connectivity index (χ4n) is 3.57. The van der Waals surface area contributed by atoms with E-state index in [1.165, 1.54) is 11.3 Å². The van der Waals surface area contributed by atoms with Gasteiger partial charge in [0.15, 0.2) is 5.38 Å². The zero-order valence-electron chi connectivity index (χ0n) is 17.2. The molecule has 0 spiro atoms. The SMILES string of the molecule is CCOC(=O)c1c[s+](CCCOc2ccccc2)c(-c2ccc3c(c2)NCCC3)n1. The van der Waals surface area contributed by atoms with Crippen LogP contribution in [0.1, 0.15) is 35.8 Å². The molecular weight excluding hydrogens is 396 g/mol. The summed E-state index contributed by atoms with van der Waals surface area (Å²) in [6, 6.07) is 16.3. The highest BCUT2D eigenvalue weighted by Gasteiger charge is 2.26. The average molecular weight is 424 g/mol. The number of nitrogens with one attached hydrogen (secondary N) is 1. The topological polar surface area (TPSA) is 60.5 Å². The highest BCUT2D eigenvalue weighted by Crippen LogP contribution is 2.38. The molecule has 0 saturated heterocycles. The molecule has 156 valence electrons. The third-order valence-electron chi connectivity index (χ3n) is 5.02. The maximum atomic E-state index is 12.3. The maximum Gasteiger partial charge on any atom is 0.362 e. The number of esters is 1. The minimum Gasteiger partial charge on any atom is -0.493 e. The second-order valence-corrected chi connectivity index (χ2v) is 9.08. The highest BCUT2D eigenvalue weighted by atomic mass is 32.2. The van der Waals surface area contributed by atoms with Crippen LogP contribution in [0.5, 0.6) is 5.75 Å². The second kappa shape index (κ2) is 9.76. The van der Waals surface area contributed by atoms with Crippen LogP contribution in [0.25, 0.3) is 10.6 Å². The van der Waals surface area contributed by atoms with Crippen molar-refractivity contribution in [1.82, 2.24) is 4.98 Å². The van der Waals surface area contributed by atoms with Crippen molar-refractivity contribution >= 4 is 22.1 Å². The lowest BCUT2D eigenvalue weighted by molar-refractivity contribution is 0.0520. The Morgan fingerprint density at radius 3 is 2.90 bits per heavy atom. The van der Waals surface area contributed by atoms with Crippen molar-refractivity contribution < 1.29 is 14.3 Å². The van der Waals surface area contributed by atoms with Gasteiger partial charge in [-0.2, -0.15) is 4.98 Å². The number of fused-ring (bicyclic) bond motifs is 1. The van der Waals surface area contributed by atoms with Crippen LogP contribution in [0.3, 0.4) is 0 Å². The van der Waals surface area contributed by atoms with Crippen LogP contribution in [-0.2, 0) is 16.9 Å². The smallest absolute Gasteiger partial charge is 0.362 e. The number of para-hydroxylation sites is 1. The molecule has 5 nitrogen and oxygen atoms in total. The number of hydrogen-bond acceptors (Lipinski definition) is 5. The molecule has 6 heteroatoms. The van der Waals surface area contributed by atoms with Crippen molar-refractivity contribution in [3.8, 4) is 16.3 Å². The summed E-state index contributed by atoms with van der Waals surface area (Å²) >= 11 is 0. The number of hydrogen-bond donors (Lipinski definition) is 1. The summed E-state index contributed by atoms with van der Waals surface area (Å²) in [7, 11) is -0.250. The van der Waals surface area contributed by atoms with E-state index >= 15 is 0 Å². The lowest BCUT2D eigenvalue weighted by atomic mass is 10.0. The van der Waals surface area contributed by atoms with E-state index in [4.69, 9.17) is 14.5 Å². The van der Waals surface area contributed by atoms with Crippen molar-refractivity contribution in [2.45, 2.75) is 31.9 Å². The number of aryl methyl sites for hydroxylation is 2. The summed E-state index contributed by atoms with van der Waals surface area (Å²) in [5.41, 5.74) is 4.02. The molecule has 0 fully saturated rings. The Kier molecular flexibility index (Phi) is 6.64. The largest absolute Gasteiger partial charge is 0.493 e. The Balaban J connectivity index is 1.53. The Morgan fingerprint density at radius 2 is 2.07 bits per heavy atom. The van der Waals surface area contributed by atoms with E-state index < -0.39 is 0 Å². The van der Waals surface area contributed by atoms with Gasteiger partial charge in [-0.3, -0.25) is 0 Å². The van der Waals surface area contributed by atoms with Gasteiger partial charge in [-0.05, 0) is 49.6 Å². The van der Waals surface area contributed by atoms with E-state index in [2.05, 4.69) is 23.5 Å². The fraction of sp³-hybridized carbons (Fsp3) is 0.333. The molecule has 1 N–H and O–H groups in total. The molecule has 1 atom stereocenters. The summed E-state index contributed by atoms with van der Waals surface area (Å²) in [4.78, 5) is 17.0. The van der Waals surface area contributed by atoms with Crippen molar-refractivity contribution in [2.75, 3.05) is 25.1 Å². The van der Waals surface area contributed by atoms with Crippen LogP contribution < -0.4 is 10.1 Å². The molecule has 2 aromatic carbocycles. The van der Waals surface area contributed by atoms with Gasteiger partial charge in [0, 0.05) is 29.1 Å². The third-order valence-corrected chi connectivity index (χ3v) is 7.08. The Morgan fingerprint density at radius 1 is 1.20 bits per heavy atom. The van der Waals surface area contributed by atoms with E-state index in [1.807, 2.05) is 42.6 Å².